The summed E-state index contributed by atoms with van der Waals surface area (Å²) in [7, 11) is -4.40. The van der Waals surface area contributed by atoms with Gasteiger partial charge >= 0.3 is 10.3 Å². The van der Waals surface area contributed by atoms with Crippen LogP contribution in [0.2, 0.25) is 0 Å². The van der Waals surface area contributed by atoms with E-state index in [1.54, 1.807) is 17.0 Å². The summed E-state index contributed by atoms with van der Waals surface area (Å²) in [6.07, 6.45) is 3.36. The van der Waals surface area contributed by atoms with Gasteiger partial charge in [0, 0.05) is 25.9 Å². The molecule has 0 spiro atoms. The molecular weight excluding hydrogens is 430 g/mol. The molecule has 0 aromatic heterocycles. The van der Waals surface area contributed by atoms with Crippen LogP contribution in [0.15, 0.2) is 48.5 Å². The van der Waals surface area contributed by atoms with E-state index in [9.17, 15) is 18.0 Å². The Bertz CT molecular complexity index is 1060. The first-order chi connectivity index (χ1) is 15.3. The Labute approximate surface area is 188 Å². The lowest BCUT2D eigenvalue weighted by Gasteiger charge is -2.36. The van der Waals surface area contributed by atoms with Crippen LogP contribution in [0.4, 0.5) is 5.69 Å². The van der Waals surface area contributed by atoms with E-state index in [1.165, 1.54) is 6.07 Å². The van der Waals surface area contributed by atoms with Crippen molar-refractivity contribution in [1.82, 2.24) is 10.2 Å². The molecule has 3 N–H and O–H groups in total. The maximum Gasteiger partial charge on any atom is 0.357 e. The van der Waals surface area contributed by atoms with E-state index in [1.807, 2.05) is 35.1 Å². The molecule has 1 aliphatic heterocycles. The summed E-state index contributed by atoms with van der Waals surface area (Å²) < 4.78 is 33.4. The Hall–Kier alpha value is -2.91. The van der Waals surface area contributed by atoms with Crippen LogP contribution in [0.1, 0.15) is 49.3 Å². The Morgan fingerprint density at radius 2 is 1.84 bits per heavy atom. The van der Waals surface area contributed by atoms with Crippen molar-refractivity contribution in [2.24, 2.45) is 0 Å². The van der Waals surface area contributed by atoms with Gasteiger partial charge in [0.1, 0.15) is 6.04 Å². The van der Waals surface area contributed by atoms with E-state index >= 15 is 0 Å². The van der Waals surface area contributed by atoms with Crippen LogP contribution in [0.5, 0.6) is 0 Å². The number of nitrogens with one attached hydrogen (secondary N) is 2. The molecule has 0 aliphatic carbocycles. The standard InChI is InChI=1S/C23H29N3O5S/c1-2-3-5-10-22(27)26-16-19-13-20(25-32(29,30)31)12-11-18(19)14-21(26)23(28)24-15-17-8-6-4-7-9-17/h4,6-9,11-13,21,25H,2-3,5,10,14-16H2,1H3,(H,24,28)(H,29,30,31). The fourth-order valence-electron chi connectivity index (χ4n) is 3.87. The average molecular weight is 460 g/mol. The van der Waals surface area contributed by atoms with Gasteiger partial charge in [-0.25, -0.2) is 0 Å². The number of nitrogens with zero attached hydrogens (tertiary/aromatic N) is 1. The zero-order chi connectivity index (χ0) is 23.1. The lowest BCUT2D eigenvalue weighted by Crippen LogP contribution is -2.52. The van der Waals surface area contributed by atoms with Crippen molar-refractivity contribution in [3.05, 3.63) is 65.2 Å². The van der Waals surface area contributed by atoms with Gasteiger partial charge in [-0.05, 0) is 35.2 Å². The molecule has 172 valence electrons. The number of hydrogen-bond acceptors (Lipinski definition) is 4. The Kier molecular flexibility index (Phi) is 7.87. The van der Waals surface area contributed by atoms with Gasteiger partial charge in [-0.2, -0.15) is 8.42 Å². The number of rotatable bonds is 9. The van der Waals surface area contributed by atoms with E-state index < -0.39 is 16.3 Å². The van der Waals surface area contributed by atoms with E-state index in [0.717, 1.165) is 36.0 Å². The van der Waals surface area contributed by atoms with Gasteiger partial charge < -0.3 is 10.2 Å². The van der Waals surface area contributed by atoms with Crippen molar-refractivity contribution in [3.63, 3.8) is 0 Å². The fourth-order valence-corrected chi connectivity index (χ4v) is 4.29. The van der Waals surface area contributed by atoms with Gasteiger partial charge in [-0.1, -0.05) is 56.2 Å². The van der Waals surface area contributed by atoms with Gasteiger partial charge in [0.2, 0.25) is 11.8 Å². The molecule has 2 amide bonds. The number of fused-ring (bicyclic) bond motifs is 1. The van der Waals surface area contributed by atoms with Gasteiger partial charge in [0.25, 0.3) is 0 Å². The number of anilines is 1. The molecule has 2 aromatic carbocycles. The number of unbranched alkanes of at least 4 members (excludes halogenated alkanes) is 2. The van der Waals surface area contributed by atoms with Crippen molar-refractivity contribution in [1.29, 1.82) is 0 Å². The molecule has 1 heterocycles. The predicted octanol–water partition coefficient (Wildman–Crippen LogP) is 3.05. The molecule has 0 saturated carbocycles. The third-order valence-electron chi connectivity index (χ3n) is 5.51. The lowest BCUT2D eigenvalue weighted by molar-refractivity contribution is -0.142. The first-order valence-corrected chi connectivity index (χ1v) is 12.2. The molecule has 0 saturated heterocycles. The Morgan fingerprint density at radius 3 is 2.53 bits per heavy atom. The second-order valence-corrected chi connectivity index (χ2v) is 9.12. The third-order valence-corrected chi connectivity index (χ3v) is 6.00. The van der Waals surface area contributed by atoms with Crippen molar-refractivity contribution in [2.75, 3.05) is 4.72 Å². The third kappa shape index (κ3) is 6.54. The summed E-state index contributed by atoms with van der Waals surface area (Å²) in [5.74, 6) is -0.319. The Morgan fingerprint density at radius 1 is 1.09 bits per heavy atom. The SMILES string of the molecule is CCCCCC(=O)N1Cc2cc(NS(=O)(=O)O)ccc2CC1C(=O)NCc1ccccc1. The summed E-state index contributed by atoms with van der Waals surface area (Å²) in [4.78, 5) is 27.6. The molecule has 0 bridgehead atoms. The van der Waals surface area contributed by atoms with E-state index in [-0.39, 0.29) is 24.0 Å². The highest BCUT2D eigenvalue weighted by atomic mass is 32.2. The summed E-state index contributed by atoms with van der Waals surface area (Å²) >= 11 is 0. The highest BCUT2D eigenvalue weighted by Gasteiger charge is 2.34. The van der Waals surface area contributed by atoms with Gasteiger partial charge in [-0.3, -0.25) is 18.9 Å². The first kappa shape index (κ1) is 23.7. The van der Waals surface area contributed by atoms with Crippen LogP contribution in [0.3, 0.4) is 0 Å². The average Bonchev–Trinajstić information content (AvgIpc) is 2.76. The maximum atomic E-state index is 13.1. The van der Waals surface area contributed by atoms with Gasteiger partial charge in [-0.15, -0.1) is 0 Å². The normalized spacial score (nSPS) is 15.7. The number of carbonyl (C=O) groups is 2. The van der Waals surface area contributed by atoms with Crippen LogP contribution in [0, 0.1) is 0 Å². The van der Waals surface area contributed by atoms with Crippen LogP contribution in [0.25, 0.3) is 0 Å². The topological polar surface area (TPSA) is 116 Å². The molecule has 8 nitrogen and oxygen atoms in total. The van der Waals surface area contributed by atoms with Crippen molar-refractivity contribution in [3.8, 4) is 0 Å². The van der Waals surface area contributed by atoms with Gasteiger partial charge in [0.05, 0.1) is 5.69 Å². The molecule has 0 radical (unpaired) electrons. The zero-order valence-electron chi connectivity index (χ0n) is 18.1. The highest BCUT2D eigenvalue weighted by Crippen LogP contribution is 2.27. The molecule has 1 unspecified atom stereocenters. The molecule has 9 heteroatoms. The molecular formula is C23H29N3O5S. The Balaban J connectivity index is 1.80. The molecule has 3 rings (SSSR count). The second-order valence-electron chi connectivity index (χ2n) is 7.96. The second kappa shape index (κ2) is 10.6. The quantitative estimate of drug-likeness (QED) is 0.394. The molecule has 0 fully saturated rings. The van der Waals surface area contributed by atoms with Crippen molar-refractivity contribution in [2.45, 2.75) is 58.2 Å². The summed E-state index contributed by atoms with van der Waals surface area (Å²) in [6, 6.07) is 13.8. The van der Waals surface area contributed by atoms with E-state index in [0.29, 0.717) is 19.4 Å². The first-order valence-electron chi connectivity index (χ1n) is 10.7. The number of benzene rings is 2. The van der Waals surface area contributed by atoms with Crippen molar-refractivity contribution < 1.29 is 22.6 Å². The smallest absolute Gasteiger partial charge is 0.350 e. The maximum absolute atomic E-state index is 13.1. The minimum absolute atomic E-state index is 0.0999. The van der Waals surface area contributed by atoms with Crippen LogP contribution in [-0.4, -0.2) is 35.7 Å². The largest absolute Gasteiger partial charge is 0.357 e. The number of amides is 2. The fraction of sp³-hybridized carbons (Fsp3) is 0.391. The van der Waals surface area contributed by atoms with Crippen LogP contribution >= 0.6 is 0 Å². The van der Waals surface area contributed by atoms with E-state index in [2.05, 4.69) is 12.2 Å². The van der Waals surface area contributed by atoms with Crippen LogP contribution < -0.4 is 10.0 Å². The molecule has 1 aliphatic rings. The minimum atomic E-state index is -4.40. The predicted molar refractivity (Wildman–Crippen MR) is 122 cm³/mol. The molecule has 2 aromatic rings. The molecule has 32 heavy (non-hydrogen) atoms. The molecule has 1 atom stereocenters. The van der Waals surface area contributed by atoms with Gasteiger partial charge in [0.15, 0.2) is 0 Å². The monoisotopic (exact) mass is 459 g/mol. The number of hydrogen-bond donors (Lipinski definition) is 3. The summed E-state index contributed by atoms with van der Waals surface area (Å²) in [5.41, 5.74) is 2.79. The number of carbonyl (C=O) groups excluding carboxylic acids is 2. The van der Waals surface area contributed by atoms with E-state index in [4.69, 9.17) is 4.55 Å². The summed E-state index contributed by atoms with van der Waals surface area (Å²) in [6.45, 7) is 2.63. The lowest BCUT2D eigenvalue weighted by atomic mass is 9.92. The highest BCUT2D eigenvalue weighted by molar-refractivity contribution is 7.87. The minimum Gasteiger partial charge on any atom is -0.350 e. The zero-order valence-corrected chi connectivity index (χ0v) is 18.9. The summed E-state index contributed by atoms with van der Waals surface area (Å²) in [5, 5.41) is 2.94. The van der Waals surface area contributed by atoms with Crippen LogP contribution in [-0.2, 0) is 39.4 Å². The van der Waals surface area contributed by atoms with Crippen molar-refractivity contribution >= 4 is 27.8 Å².